The van der Waals surface area contributed by atoms with Crippen LogP contribution in [0.4, 0.5) is 0 Å². The van der Waals surface area contributed by atoms with Gasteiger partial charge in [-0.25, -0.2) is 4.98 Å². The zero-order chi connectivity index (χ0) is 18.4. The molecular formula is C21H17N3O2S. The summed E-state index contributed by atoms with van der Waals surface area (Å²) >= 11 is 1.43. The van der Waals surface area contributed by atoms with E-state index in [2.05, 4.69) is 22.4 Å². The molecule has 4 aromatic rings. The van der Waals surface area contributed by atoms with Crippen LogP contribution in [0.15, 0.2) is 59.7 Å². The lowest BCUT2D eigenvalue weighted by atomic mass is 10.1. The molecule has 5 rings (SSSR count). The zero-order valence-corrected chi connectivity index (χ0v) is 15.3. The molecule has 1 unspecified atom stereocenters. The standard InChI is InChI=1S/C21H17N3O2S/c25-18(23-16-10-9-13-5-1-2-6-14(13)16)11-24-12-22-19-15-7-3-4-8-17(15)27-20(19)21(24)26/h1-8,12,16H,9-11H2,(H,23,25). The van der Waals surface area contributed by atoms with Crippen molar-refractivity contribution in [3.63, 3.8) is 0 Å². The highest BCUT2D eigenvalue weighted by Crippen LogP contribution is 2.31. The molecule has 0 saturated heterocycles. The number of hydrogen-bond acceptors (Lipinski definition) is 4. The Morgan fingerprint density at radius 1 is 1.19 bits per heavy atom. The minimum absolute atomic E-state index is 0.0189. The number of aromatic nitrogens is 2. The molecule has 1 aliphatic rings. The Labute approximate surface area is 159 Å². The van der Waals surface area contributed by atoms with Gasteiger partial charge in [0.2, 0.25) is 5.91 Å². The van der Waals surface area contributed by atoms with E-state index in [0.29, 0.717) is 10.2 Å². The first-order chi connectivity index (χ1) is 13.2. The van der Waals surface area contributed by atoms with Gasteiger partial charge >= 0.3 is 0 Å². The lowest BCUT2D eigenvalue weighted by molar-refractivity contribution is -0.122. The summed E-state index contributed by atoms with van der Waals surface area (Å²) in [7, 11) is 0. The van der Waals surface area contributed by atoms with Crippen molar-refractivity contribution in [3.05, 3.63) is 76.3 Å². The van der Waals surface area contributed by atoms with Gasteiger partial charge in [-0.05, 0) is 30.0 Å². The molecule has 1 atom stereocenters. The SMILES string of the molecule is O=C(Cn1cnc2c(sc3ccccc32)c1=O)NC1CCc2ccccc21. The van der Waals surface area contributed by atoms with Gasteiger partial charge < -0.3 is 5.32 Å². The van der Waals surface area contributed by atoms with E-state index in [0.717, 1.165) is 22.9 Å². The van der Waals surface area contributed by atoms with Gasteiger partial charge in [0.05, 0.1) is 17.9 Å². The Morgan fingerprint density at radius 3 is 2.93 bits per heavy atom. The van der Waals surface area contributed by atoms with Crippen molar-refractivity contribution < 1.29 is 4.79 Å². The summed E-state index contributed by atoms with van der Waals surface area (Å²) in [6.45, 7) is -0.0192. The number of aryl methyl sites for hydroxylation is 1. The number of carbonyl (C=O) groups is 1. The fourth-order valence-electron chi connectivity index (χ4n) is 3.83. The highest BCUT2D eigenvalue weighted by atomic mass is 32.1. The number of nitrogens with zero attached hydrogens (tertiary/aromatic N) is 2. The molecule has 2 aromatic heterocycles. The second-order valence-electron chi connectivity index (χ2n) is 6.81. The van der Waals surface area contributed by atoms with Crippen LogP contribution in [-0.4, -0.2) is 15.5 Å². The molecule has 1 aliphatic carbocycles. The number of amides is 1. The number of thiophene rings is 1. The summed E-state index contributed by atoms with van der Waals surface area (Å²) in [5, 5.41) is 4.04. The predicted octanol–water partition coefficient (Wildman–Crippen LogP) is 3.41. The zero-order valence-electron chi connectivity index (χ0n) is 14.5. The van der Waals surface area contributed by atoms with Crippen LogP contribution in [0.2, 0.25) is 0 Å². The number of fused-ring (bicyclic) bond motifs is 4. The van der Waals surface area contributed by atoms with Gasteiger partial charge in [-0.1, -0.05) is 42.5 Å². The van der Waals surface area contributed by atoms with E-state index < -0.39 is 0 Å². The van der Waals surface area contributed by atoms with Crippen molar-refractivity contribution >= 4 is 37.5 Å². The highest BCUT2D eigenvalue weighted by Gasteiger charge is 2.23. The van der Waals surface area contributed by atoms with Crippen LogP contribution in [0.25, 0.3) is 20.3 Å². The Hall–Kier alpha value is -2.99. The molecule has 0 saturated carbocycles. The summed E-state index contributed by atoms with van der Waals surface area (Å²) < 4.78 is 3.02. The lowest BCUT2D eigenvalue weighted by Gasteiger charge is -2.14. The van der Waals surface area contributed by atoms with E-state index in [9.17, 15) is 9.59 Å². The number of nitrogens with one attached hydrogen (secondary N) is 1. The molecule has 0 aliphatic heterocycles. The molecule has 1 N–H and O–H groups in total. The monoisotopic (exact) mass is 375 g/mol. The maximum absolute atomic E-state index is 12.8. The Kier molecular flexibility index (Phi) is 3.79. The molecule has 0 spiro atoms. The molecule has 0 radical (unpaired) electrons. The summed E-state index contributed by atoms with van der Waals surface area (Å²) in [6.07, 6.45) is 3.34. The van der Waals surface area contributed by atoms with Gasteiger partial charge in [0, 0.05) is 10.1 Å². The van der Waals surface area contributed by atoms with Crippen molar-refractivity contribution in [2.45, 2.75) is 25.4 Å². The molecule has 6 heteroatoms. The van der Waals surface area contributed by atoms with Gasteiger partial charge in [0.15, 0.2) is 0 Å². The van der Waals surface area contributed by atoms with Crippen LogP contribution in [0.1, 0.15) is 23.6 Å². The van der Waals surface area contributed by atoms with Gasteiger partial charge in [-0.3, -0.25) is 14.2 Å². The normalized spacial score (nSPS) is 15.9. The van der Waals surface area contributed by atoms with Gasteiger partial charge in [-0.15, -0.1) is 11.3 Å². The molecule has 2 aromatic carbocycles. The Balaban J connectivity index is 1.41. The number of carbonyl (C=O) groups excluding carboxylic acids is 1. The lowest BCUT2D eigenvalue weighted by Crippen LogP contribution is -2.34. The van der Waals surface area contributed by atoms with Crippen molar-refractivity contribution in [3.8, 4) is 0 Å². The number of hydrogen-bond donors (Lipinski definition) is 1. The minimum atomic E-state index is -0.166. The first kappa shape index (κ1) is 16.2. The van der Waals surface area contributed by atoms with E-state index in [1.807, 2.05) is 36.4 Å². The van der Waals surface area contributed by atoms with Crippen LogP contribution in [0.5, 0.6) is 0 Å². The Morgan fingerprint density at radius 2 is 2.00 bits per heavy atom. The molecule has 5 nitrogen and oxygen atoms in total. The summed E-state index contributed by atoms with van der Waals surface area (Å²) in [6, 6.07) is 16.0. The van der Waals surface area contributed by atoms with Crippen LogP contribution in [0, 0.1) is 0 Å². The predicted molar refractivity (Wildman–Crippen MR) is 107 cm³/mol. The average molecular weight is 375 g/mol. The third kappa shape index (κ3) is 2.73. The van der Waals surface area contributed by atoms with Crippen LogP contribution in [-0.2, 0) is 17.8 Å². The van der Waals surface area contributed by atoms with Crippen LogP contribution >= 0.6 is 11.3 Å². The molecule has 0 bridgehead atoms. The second-order valence-corrected chi connectivity index (χ2v) is 7.86. The topological polar surface area (TPSA) is 64.0 Å². The highest BCUT2D eigenvalue weighted by molar-refractivity contribution is 7.25. The molecule has 1 amide bonds. The minimum Gasteiger partial charge on any atom is -0.348 e. The van der Waals surface area contributed by atoms with E-state index >= 15 is 0 Å². The van der Waals surface area contributed by atoms with E-state index in [-0.39, 0.29) is 24.1 Å². The van der Waals surface area contributed by atoms with Crippen molar-refractivity contribution in [2.75, 3.05) is 0 Å². The van der Waals surface area contributed by atoms with Crippen molar-refractivity contribution in [2.24, 2.45) is 0 Å². The number of benzene rings is 2. The van der Waals surface area contributed by atoms with E-state index in [4.69, 9.17) is 0 Å². The third-order valence-corrected chi connectivity index (χ3v) is 6.28. The summed E-state index contributed by atoms with van der Waals surface area (Å²) in [5.41, 5.74) is 3.01. The second kappa shape index (κ2) is 6.32. The van der Waals surface area contributed by atoms with Gasteiger partial charge in [0.25, 0.3) is 5.56 Å². The largest absolute Gasteiger partial charge is 0.348 e. The average Bonchev–Trinajstić information content (AvgIpc) is 3.26. The third-order valence-electron chi connectivity index (χ3n) is 5.13. The van der Waals surface area contributed by atoms with Crippen molar-refractivity contribution in [1.29, 1.82) is 0 Å². The molecule has 134 valence electrons. The van der Waals surface area contributed by atoms with Gasteiger partial charge in [-0.2, -0.15) is 0 Å². The summed E-state index contributed by atoms with van der Waals surface area (Å²) in [5.74, 6) is -0.166. The first-order valence-electron chi connectivity index (χ1n) is 8.94. The fraction of sp³-hybridized carbons (Fsp3) is 0.190. The van der Waals surface area contributed by atoms with Crippen LogP contribution < -0.4 is 10.9 Å². The maximum Gasteiger partial charge on any atom is 0.271 e. The van der Waals surface area contributed by atoms with Crippen LogP contribution in [0.3, 0.4) is 0 Å². The van der Waals surface area contributed by atoms with Crippen molar-refractivity contribution in [1.82, 2.24) is 14.9 Å². The smallest absolute Gasteiger partial charge is 0.271 e. The maximum atomic E-state index is 12.8. The number of rotatable bonds is 3. The fourth-order valence-corrected chi connectivity index (χ4v) is 4.93. The Bertz CT molecular complexity index is 1240. The molecule has 27 heavy (non-hydrogen) atoms. The quantitative estimate of drug-likeness (QED) is 0.597. The van der Waals surface area contributed by atoms with Gasteiger partial charge in [0.1, 0.15) is 11.2 Å². The molecule has 0 fully saturated rings. The van der Waals surface area contributed by atoms with E-state index in [1.54, 1.807) is 0 Å². The summed E-state index contributed by atoms with van der Waals surface area (Å²) in [4.78, 5) is 29.8. The first-order valence-corrected chi connectivity index (χ1v) is 9.76. The molecular weight excluding hydrogens is 358 g/mol. The van der Waals surface area contributed by atoms with E-state index in [1.165, 1.54) is 33.4 Å². The molecule has 2 heterocycles.